The molecule has 0 heterocycles. The Labute approximate surface area is 200 Å². The van der Waals surface area contributed by atoms with E-state index in [1.165, 1.54) is 30.9 Å². The van der Waals surface area contributed by atoms with Gasteiger partial charge in [0.05, 0.1) is 0 Å². The summed E-state index contributed by atoms with van der Waals surface area (Å²) in [5.41, 5.74) is 0.654. The Hall–Kier alpha value is -3.28. The number of fused-ring (bicyclic) bond motifs is 1. The molecular weight excluding hydrogens is 462 g/mol. The number of hydrogen-bond acceptors (Lipinski definition) is 0. The molecule has 4 aromatic rings. The van der Waals surface area contributed by atoms with Crippen LogP contribution in [0.4, 0.5) is 26.3 Å². The summed E-state index contributed by atoms with van der Waals surface area (Å²) >= 11 is 0. The number of halogens is 6. The Kier molecular flexibility index (Phi) is 7.20. The fourth-order valence-corrected chi connectivity index (χ4v) is 4.31. The van der Waals surface area contributed by atoms with Gasteiger partial charge < -0.3 is 0 Å². The van der Waals surface area contributed by atoms with Crippen molar-refractivity contribution in [2.24, 2.45) is 0 Å². The van der Waals surface area contributed by atoms with Crippen molar-refractivity contribution in [1.82, 2.24) is 0 Å². The molecule has 0 saturated carbocycles. The predicted octanol–water partition coefficient (Wildman–Crippen LogP) is 9.73. The van der Waals surface area contributed by atoms with E-state index in [9.17, 15) is 22.0 Å². The van der Waals surface area contributed by atoms with Gasteiger partial charge >= 0.3 is 6.18 Å². The van der Waals surface area contributed by atoms with Crippen molar-refractivity contribution in [3.05, 3.63) is 95.3 Å². The van der Waals surface area contributed by atoms with Crippen LogP contribution in [-0.2, 0) is 12.6 Å². The third-order valence-electron chi connectivity index (χ3n) is 6.20. The molecule has 0 bridgehead atoms. The van der Waals surface area contributed by atoms with Gasteiger partial charge in [-0.3, -0.25) is 0 Å². The highest BCUT2D eigenvalue weighted by molar-refractivity contribution is 5.91. The maximum atomic E-state index is 15.2. The molecule has 0 amide bonds. The molecule has 0 aliphatic carbocycles. The zero-order valence-corrected chi connectivity index (χ0v) is 19.2. The van der Waals surface area contributed by atoms with Gasteiger partial charge in [-0.1, -0.05) is 74.7 Å². The Morgan fingerprint density at radius 2 is 1.31 bits per heavy atom. The number of hydrogen-bond donors (Lipinski definition) is 0. The van der Waals surface area contributed by atoms with Gasteiger partial charge in [-0.2, -0.15) is 13.2 Å². The molecule has 4 aromatic carbocycles. The first-order chi connectivity index (χ1) is 16.7. The largest absolute Gasteiger partial charge is 0.422 e. The third-order valence-corrected chi connectivity index (χ3v) is 6.20. The van der Waals surface area contributed by atoms with E-state index in [1.54, 1.807) is 18.2 Å². The van der Waals surface area contributed by atoms with Crippen LogP contribution in [0.25, 0.3) is 33.0 Å². The van der Waals surface area contributed by atoms with E-state index in [0.717, 1.165) is 24.0 Å². The van der Waals surface area contributed by atoms with E-state index < -0.39 is 29.2 Å². The van der Waals surface area contributed by atoms with E-state index in [0.29, 0.717) is 17.5 Å². The van der Waals surface area contributed by atoms with Gasteiger partial charge in [-0.05, 0) is 58.7 Å². The van der Waals surface area contributed by atoms with Crippen LogP contribution in [0.15, 0.2) is 66.7 Å². The predicted molar refractivity (Wildman–Crippen MR) is 128 cm³/mol. The highest BCUT2D eigenvalue weighted by Gasteiger charge is 2.38. The standard InChI is InChI=1S/C29H24F6/c1-2-3-4-5-6-18-7-9-19(10-8-18)20-11-13-23-21(15-20)12-14-24(28(23)32)22-16-25(30)27(26(31)17-22)29(33,34)35/h7-17H,2-6H2,1H3. The maximum absolute atomic E-state index is 15.2. The fraction of sp³-hybridized carbons (Fsp3) is 0.241. The molecule has 0 aliphatic rings. The second-order valence-corrected chi connectivity index (χ2v) is 8.68. The van der Waals surface area contributed by atoms with Crippen molar-refractivity contribution in [3.8, 4) is 22.3 Å². The van der Waals surface area contributed by atoms with E-state index in [1.807, 2.05) is 18.2 Å². The van der Waals surface area contributed by atoms with Crippen molar-refractivity contribution in [1.29, 1.82) is 0 Å². The summed E-state index contributed by atoms with van der Waals surface area (Å²) in [6.07, 6.45) is 0.631. The lowest BCUT2D eigenvalue weighted by atomic mass is 9.95. The first-order valence-corrected chi connectivity index (χ1v) is 11.6. The lowest BCUT2D eigenvalue weighted by molar-refractivity contribution is -0.142. The number of benzene rings is 4. The third kappa shape index (κ3) is 5.37. The van der Waals surface area contributed by atoms with Crippen molar-refractivity contribution in [2.45, 2.75) is 45.2 Å². The second-order valence-electron chi connectivity index (χ2n) is 8.68. The van der Waals surface area contributed by atoms with Crippen molar-refractivity contribution in [3.63, 3.8) is 0 Å². The monoisotopic (exact) mass is 486 g/mol. The first kappa shape index (κ1) is 24.8. The van der Waals surface area contributed by atoms with Gasteiger partial charge in [0.1, 0.15) is 23.0 Å². The fourth-order valence-electron chi connectivity index (χ4n) is 4.31. The summed E-state index contributed by atoms with van der Waals surface area (Å²) < 4.78 is 81.9. The summed E-state index contributed by atoms with van der Waals surface area (Å²) in [5.74, 6) is -4.32. The molecule has 0 aromatic heterocycles. The van der Waals surface area contributed by atoms with Crippen molar-refractivity contribution < 1.29 is 26.3 Å². The van der Waals surface area contributed by atoms with Crippen LogP contribution in [0.3, 0.4) is 0 Å². The average molecular weight is 486 g/mol. The summed E-state index contributed by atoms with van der Waals surface area (Å²) in [6, 6.07) is 17.3. The van der Waals surface area contributed by atoms with E-state index in [2.05, 4.69) is 19.1 Å². The van der Waals surface area contributed by atoms with Crippen LogP contribution in [0, 0.1) is 17.5 Å². The minimum atomic E-state index is -5.18. The Morgan fingerprint density at radius 3 is 1.94 bits per heavy atom. The molecule has 0 radical (unpaired) electrons. The van der Waals surface area contributed by atoms with Crippen molar-refractivity contribution >= 4 is 10.8 Å². The summed E-state index contributed by atoms with van der Waals surface area (Å²) in [4.78, 5) is 0. The molecule has 182 valence electrons. The number of unbranched alkanes of at least 4 members (excludes halogenated alkanes) is 3. The van der Waals surface area contributed by atoms with Gasteiger partial charge in [0, 0.05) is 10.9 Å². The highest BCUT2D eigenvalue weighted by Crippen LogP contribution is 2.37. The zero-order chi connectivity index (χ0) is 25.2. The summed E-state index contributed by atoms with van der Waals surface area (Å²) in [7, 11) is 0. The molecule has 0 spiro atoms. The molecule has 0 N–H and O–H groups in total. The van der Waals surface area contributed by atoms with Crippen LogP contribution >= 0.6 is 0 Å². The lowest BCUT2D eigenvalue weighted by Gasteiger charge is -2.13. The van der Waals surface area contributed by atoms with Crippen LogP contribution in [0.1, 0.15) is 43.7 Å². The molecule has 0 aliphatic heterocycles. The minimum Gasteiger partial charge on any atom is -0.206 e. The van der Waals surface area contributed by atoms with Crippen LogP contribution in [0.5, 0.6) is 0 Å². The quantitative estimate of drug-likeness (QED) is 0.180. The maximum Gasteiger partial charge on any atom is 0.422 e. The van der Waals surface area contributed by atoms with Gasteiger partial charge in [0.25, 0.3) is 0 Å². The first-order valence-electron chi connectivity index (χ1n) is 11.6. The van der Waals surface area contributed by atoms with Gasteiger partial charge in [0.2, 0.25) is 0 Å². The lowest BCUT2D eigenvalue weighted by Crippen LogP contribution is -2.11. The summed E-state index contributed by atoms with van der Waals surface area (Å²) in [6.45, 7) is 2.18. The van der Waals surface area contributed by atoms with E-state index in [4.69, 9.17) is 0 Å². The normalized spacial score (nSPS) is 11.9. The molecule has 0 unspecified atom stereocenters. The minimum absolute atomic E-state index is 0.177. The molecule has 0 saturated heterocycles. The smallest absolute Gasteiger partial charge is 0.206 e. The molecule has 4 rings (SSSR count). The number of rotatable bonds is 7. The molecule has 6 heteroatoms. The van der Waals surface area contributed by atoms with Gasteiger partial charge in [-0.15, -0.1) is 0 Å². The van der Waals surface area contributed by atoms with E-state index >= 15 is 4.39 Å². The van der Waals surface area contributed by atoms with Crippen LogP contribution in [0.2, 0.25) is 0 Å². The Morgan fingerprint density at radius 1 is 0.657 bits per heavy atom. The zero-order valence-electron chi connectivity index (χ0n) is 19.2. The number of alkyl halides is 3. The molecular formula is C29H24F6. The number of aryl methyl sites for hydroxylation is 1. The molecule has 0 fully saturated rings. The molecule has 35 heavy (non-hydrogen) atoms. The SMILES string of the molecule is CCCCCCc1ccc(-c2ccc3c(F)c(-c4cc(F)c(C(F)(F)F)c(F)c4)ccc3c2)cc1. The molecule has 0 atom stereocenters. The second kappa shape index (κ2) is 10.1. The Balaban J connectivity index is 1.62. The Bertz CT molecular complexity index is 1310. The average Bonchev–Trinajstić information content (AvgIpc) is 2.81. The van der Waals surface area contributed by atoms with Gasteiger partial charge in [0.15, 0.2) is 0 Å². The van der Waals surface area contributed by atoms with Crippen LogP contribution in [-0.4, -0.2) is 0 Å². The topological polar surface area (TPSA) is 0 Å². The van der Waals surface area contributed by atoms with Gasteiger partial charge in [-0.25, -0.2) is 13.2 Å². The van der Waals surface area contributed by atoms with Crippen molar-refractivity contribution in [2.75, 3.05) is 0 Å². The summed E-state index contributed by atoms with van der Waals surface area (Å²) in [5, 5.41) is 0.778. The highest BCUT2D eigenvalue weighted by atomic mass is 19.4. The van der Waals surface area contributed by atoms with E-state index in [-0.39, 0.29) is 16.5 Å². The van der Waals surface area contributed by atoms with Crippen LogP contribution < -0.4 is 0 Å². The molecule has 0 nitrogen and oxygen atoms in total.